The maximum absolute atomic E-state index is 12.8. The van der Waals surface area contributed by atoms with Gasteiger partial charge >= 0.3 is 5.97 Å². The van der Waals surface area contributed by atoms with Crippen LogP contribution in [0.15, 0.2) is 72.3 Å². The second-order valence-corrected chi connectivity index (χ2v) is 9.42. The van der Waals surface area contributed by atoms with E-state index in [1.54, 1.807) is 0 Å². The molecule has 0 radical (unpaired) electrons. The molecule has 1 N–H and O–H groups in total. The number of esters is 1. The predicted molar refractivity (Wildman–Crippen MR) is 124 cm³/mol. The summed E-state index contributed by atoms with van der Waals surface area (Å²) >= 11 is 0. The molecule has 1 saturated carbocycles. The van der Waals surface area contributed by atoms with Gasteiger partial charge in [-0.15, -0.1) is 0 Å². The van der Waals surface area contributed by atoms with Crippen LogP contribution in [-0.2, 0) is 32.2 Å². The molecule has 1 saturated heterocycles. The number of ether oxygens (including phenoxy) is 3. The number of allylic oxidation sites excluding steroid dienone is 1. The Morgan fingerprint density at radius 1 is 1.00 bits per heavy atom. The summed E-state index contributed by atoms with van der Waals surface area (Å²) in [6.45, 7) is 2.78. The van der Waals surface area contributed by atoms with E-state index in [9.17, 15) is 9.90 Å². The van der Waals surface area contributed by atoms with Crippen LogP contribution in [0, 0.1) is 11.8 Å². The summed E-state index contributed by atoms with van der Waals surface area (Å²) in [4.78, 5) is 12.8. The Labute approximate surface area is 195 Å². The van der Waals surface area contributed by atoms with E-state index in [1.807, 2.05) is 60.7 Å². The molecule has 174 valence electrons. The molecule has 33 heavy (non-hydrogen) atoms. The molecule has 2 aromatic carbocycles. The highest BCUT2D eigenvalue weighted by atomic mass is 16.6. The lowest BCUT2D eigenvalue weighted by molar-refractivity contribution is -0.217. The van der Waals surface area contributed by atoms with Crippen molar-refractivity contribution < 1.29 is 24.1 Å². The van der Waals surface area contributed by atoms with Crippen molar-refractivity contribution in [2.24, 2.45) is 11.8 Å². The van der Waals surface area contributed by atoms with Gasteiger partial charge in [-0.3, -0.25) is 4.79 Å². The number of aliphatic hydroxyl groups is 1. The Morgan fingerprint density at radius 2 is 1.64 bits per heavy atom. The van der Waals surface area contributed by atoms with Gasteiger partial charge in [0.25, 0.3) is 0 Å². The van der Waals surface area contributed by atoms with E-state index in [0.717, 1.165) is 36.0 Å². The van der Waals surface area contributed by atoms with Crippen molar-refractivity contribution in [2.45, 2.75) is 69.7 Å². The van der Waals surface area contributed by atoms with Crippen LogP contribution in [-0.4, -0.2) is 35.0 Å². The third kappa shape index (κ3) is 4.14. The van der Waals surface area contributed by atoms with Crippen LogP contribution in [0.2, 0.25) is 0 Å². The minimum atomic E-state index is -1.20. The minimum Gasteiger partial charge on any atom is -0.459 e. The van der Waals surface area contributed by atoms with E-state index < -0.39 is 23.9 Å². The molecule has 0 amide bonds. The molecule has 2 aliphatic carbocycles. The van der Waals surface area contributed by atoms with E-state index in [-0.39, 0.29) is 17.8 Å². The number of rotatable bonds is 8. The van der Waals surface area contributed by atoms with Crippen molar-refractivity contribution >= 4 is 5.97 Å². The third-order valence-corrected chi connectivity index (χ3v) is 7.33. The van der Waals surface area contributed by atoms with Gasteiger partial charge in [0.1, 0.15) is 23.9 Å². The zero-order chi connectivity index (χ0) is 22.8. The fourth-order valence-electron chi connectivity index (χ4n) is 5.87. The molecule has 3 aliphatic rings. The fraction of sp³-hybridized carbons (Fsp3) is 0.464. The Balaban J connectivity index is 1.50. The summed E-state index contributed by atoms with van der Waals surface area (Å²) in [7, 11) is 0. The van der Waals surface area contributed by atoms with Crippen molar-refractivity contribution in [3.63, 3.8) is 0 Å². The maximum Gasteiger partial charge on any atom is 0.310 e. The average Bonchev–Trinajstić information content (AvgIpc) is 3.18. The summed E-state index contributed by atoms with van der Waals surface area (Å²) in [5, 5.41) is 12.2. The lowest BCUT2D eigenvalue weighted by Crippen LogP contribution is -2.64. The quantitative estimate of drug-likeness (QED) is 0.473. The molecule has 0 spiro atoms. The number of benzene rings is 2. The first-order valence-electron chi connectivity index (χ1n) is 12.1. The normalized spacial score (nSPS) is 32.7. The highest BCUT2D eigenvalue weighted by Gasteiger charge is 2.64. The molecule has 2 aromatic rings. The summed E-state index contributed by atoms with van der Waals surface area (Å²) in [5.74, 6) is -0.539. The van der Waals surface area contributed by atoms with Crippen molar-refractivity contribution in [1.29, 1.82) is 0 Å². The van der Waals surface area contributed by atoms with Gasteiger partial charge in [0, 0.05) is 5.92 Å². The summed E-state index contributed by atoms with van der Waals surface area (Å²) < 4.78 is 18.9. The second-order valence-electron chi connectivity index (χ2n) is 9.42. The molecule has 1 heterocycles. The van der Waals surface area contributed by atoms with E-state index in [1.165, 1.54) is 0 Å². The minimum absolute atomic E-state index is 0.153. The molecule has 0 unspecified atom stereocenters. The van der Waals surface area contributed by atoms with Gasteiger partial charge in [-0.1, -0.05) is 80.1 Å². The Kier molecular flexibility index (Phi) is 6.37. The standard InChI is InChI=1S/C28H32O5/c1-2-16-28(30)22-15-9-14-21-23(22)24(33-27(21)29)25(31-17-19-10-5-3-6-11-19)26(28)32-18-20-12-7-4-8-13-20/h3-8,10-13,15,21,23-26,30H,2,9,14,16-18H2,1H3/t21-,23+,24+,25-,26+,28-/m0/s1. The largest absolute Gasteiger partial charge is 0.459 e. The number of hydrogen-bond donors (Lipinski definition) is 1. The van der Waals surface area contributed by atoms with Crippen LogP contribution in [0.1, 0.15) is 43.7 Å². The van der Waals surface area contributed by atoms with Gasteiger partial charge in [-0.25, -0.2) is 0 Å². The molecule has 6 atom stereocenters. The number of hydrogen-bond acceptors (Lipinski definition) is 5. The summed E-state index contributed by atoms with van der Waals surface area (Å²) in [5.41, 5.74) is 1.77. The number of carbonyl (C=O) groups is 1. The Morgan fingerprint density at radius 3 is 2.27 bits per heavy atom. The monoisotopic (exact) mass is 448 g/mol. The van der Waals surface area contributed by atoms with Crippen molar-refractivity contribution in [3.05, 3.63) is 83.4 Å². The van der Waals surface area contributed by atoms with E-state index in [2.05, 4.69) is 13.0 Å². The highest BCUT2D eigenvalue weighted by molar-refractivity contribution is 5.77. The van der Waals surface area contributed by atoms with Crippen molar-refractivity contribution in [3.8, 4) is 0 Å². The Hall–Kier alpha value is -2.47. The Bertz CT molecular complexity index is 988. The summed E-state index contributed by atoms with van der Waals surface area (Å²) in [6, 6.07) is 19.9. The third-order valence-electron chi connectivity index (χ3n) is 7.33. The molecular formula is C28H32O5. The van der Waals surface area contributed by atoms with Crippen molar-refractivity contribution in [2.75, 3.05) is 0 Å². The number of carbonyl (C=O) groups excluding carboxylic acids is 1. The topological polar surface area (TPSA) is 65.0 Å². The van der Waals surface area contributed by atoms with Gasteiger partial charge in [-0.05, 0) is 36.0 Å². The molecule has 5 rings (SSSR count). The molecular weight excluding hydrogens is 416 g/mol. The zero-order valence-electron chi connectivity index (χ0n) is 19.1. The average molecular weight is 449 g/mol. The first-order chi connectivity index (χ1) is 16.1. The summed E-state index contributed by atoms with van der Waals surface area (Å²) in [6.07, 6.45) is 3.35. The molecule has 1 aliphatic heterocycles. The zero-order valence-corrected chi connectivity index (χ0v) is 19.1. The predicted octanol–water partition coefficient (Wildman–Crippen LogP) is 4.58. The molecule has 0 bridgehead atoms. The van der Waals surface area contributed by atoms with Crippen LogP contribution in [0.3, 0.4) is 0 Å². The van der Waals surface area contributed by atoms with Gasteiger partial charge in [0.2, 0.25) is 0 Å². The van der Waals surface area contributed by atoms with Gasteiger partial charge in [0.05, 0.1) is 19.1 Å². The SMILES string of the molecule is CCC[C@]1(O)C2=CCC[C@@H]3C(=O)O[C@@H]([C@H](OCc4ccccc4)[C@H]1OCc1ccccc1)[C@@H]23. The van der Waals surface area contributed by atoms with Crippen LogP contribution in [0.25, 0.3) is 0 Å². The van der Waals surface area contributed by atoms with E-state index in [0.29, 0.717) is 19.6 Å². The first-order valence-corrected chi connectivity index (χ1v) is 12.1. The fourth-order valence-corrected chi connectivity index (χ4v) is 5.87. The molecule has 5 heteroatoms. The first kappa shape index (κ1) is 22.3. The smallest absolute Gasteiger partial charge is 0.310 e. The van der Waals surface area contributed by atoms with Crippen LogP contribution >= 0.6 is 0 Å². The molecule has 5 nitrogen and oxygen atoms in total. The van der Waals surface area contributed by atoms with Crippen LogP contribution in [0.4, 0.5) is 0 Å². The van der Waals surface area contributed by atoms with E-state index in [4.69, 9.17) is 14.2 Å². The van der Waals surface area contributed by atoms with Gasteiger partial charge < -0.3 is 19.3 Å². The van der Waals surface area contributed by atoms with Crippen LogP contribution < -0.4 is 0 Å². The maximum atomic E-state index is 12.8. The molecule has 0 aromatic heterocycles. The molecule has 2 fully saturated rings. The lowest BCUT2D eigenvalue weighted by atomic mass is 9.61. The lowest BCUT2D eigenvalue weighted by Gasteiger charge is -2.51. The van der Waals surface area contributed by atoms with Gasteiger partial charge in [-0.2, -0.15) is 0 Å². The van der Waals surface area contributed by atoms with Gasteiger partial charge in [0.15, 0.2) is 0 Å². The van der Waals surface area contributed by atoms with Crippen LogP contribution in [0.5, 0.6) is 0 Å². The highest BCUT2D eigenvalue weighted by Crippen LogP contribution is 2.53. The second kappa shape index (κ2) is 9.41. The van der Waals surface area contributed by atoms with E-state index >= 15 is 0 Å². The van der Waals surface area contributed by atoms with Crippen molar-refractivity contribution in [1.82, 2.24) is 0 Å².